The zero-order valence-corrected chi connectivity index (χ0v) is 14.0. The molecule has 2 fully saturated rings. The molecule has 3 unspecified atom stereocenters. The highest BCUT2D eigenvalue weighted by molar-refractivity contribution is 7.84. The highest BCUT2D eigenvalue weighted by Gasteiger charge is 2.47. The summed E-state index contributed by atoms with van der Waals surface area (Å²) in [6.07, 6.45) is 2.75. The van der Waals surface area contributed by atoms with Crippen LogP contribution in [0.3, 0.4) is 0 Å². The molecule has 3 atom stereocenters. The van der Waals surface area contributed by atoms with Gasteiger partial charge in [0.1, 0.15) is 12.1 Å². The molecular weight excluding hydrogens is 288 g/mol. The standard InChI is InChI=1S/C15H26N2O3S/c1-4-21(20)10-9-17-13(11(2)3)15(19)16-8-6-5-7-12(16)14(17)18/h11-13H,4-10H2,1-3H3. The highest BCUT2D eigenvalue weighted by atomic mass is 32.2. The van der Waals surface area contributed by atoms with Gasteiger partial charge in [-0.15, -0.1) is 0 Å². The molecule has 6 heteroatoms. The number of piperazine rings is 1. The summed E-state index contributed by atoms with van der Waals surface area (Å²) < 4.78 is 11.7. The maximum Gasteiger partial charge on any atom is 0.246 e. The smallest absolute Gasteiger partial charge is 0.246 e. The minimum atomic E-state index is -0.912. The van der Waals surface area contributed by atoms with E-state index in [1.54, 1.807) is 9.80 Å². The monoisotopic (exact) mass is 314 g/mol. The maximum absolute atomic E-state index is 12.8. The number of hydrogen-bond donors (Lipinski definition) is 0. The summed E-state index contributed by atoms with van der Waals surface area (Å²) in [5.41, 5.74) is 0. The van der Waals surface area contributed by atoms with Crippen LogP contribution in [0.1, 0.15) is 40.0 Å². The van der Waals surface area contributed by atoms with E-state index < -0.39 is 10.8 Å². The van der Waals surface area contributed by atoms with Gasteiger partial charge in [0.25, 0.3) is 0 Å². The Morgan fingerprint density at radius 3 is 2.57 bits per heavy atom. The van der Waals surface area contributed by atoms with Crippen molar-refractivity contribution < 1.29 is 13.8 Å². The van der Waals surface area contributed by atoms with Gasteiger partial charge in [-0.1, -0.05) is 20.8 Å². The molecule has 0 spiro atoms. The van der Waals surface area contributed by atoms with Crippen LogP contribution in [0.2, 0.25) is 0 Å². The van der Waals surface area contributed by atoms with Gasteiger partial charge in [0.2, 0.25) is 11.8 Å². The van der Waals surface area contributed by atoms with Crippen molar-refractivity contribution in [1.82, 2.24) is 9.80 Å². The van der Waals surface area contributed by atoms with E-state index in [0.29, 0.717) is 24.6 Å². The first kappa shape index (κ1) is 16.5. The third-order valence-electron chi connectivity index (χ3n) is 4.46. The molecule has 0 aromatic rings. The van der Waals surface area contributed by atoms with Gasteiger partial charge < -0.3 is 9.80 Å². The normalized spacial score (nSPS) is 28.0. The van der Waals surface area contributed by atoms with Crippen molar-refractivity contribution in [3.8, 4) is 0 Å². The zero-order chi connectivity index (χ0) is 15.6. The first-order valence-corrected chi connectivity index (χ1v) is 9.42. The SMILES string of the molecule is CCS(=O)CCN1C(=O)C2CCCCN2C(=O)C1C(C)C. The molecule has 5 nitrogen and oxygen atoms in total. The van der Waals surface area contributed by atoms with Gasteiger partial charge >= 0.3 is 0 Å². The molecule has 0 aliphatic carbocycles. The van der Waals surface area contributed by atoms with Gasteiger partial charge in [0, 0.05) is 35.4 Å². The minimum Gasteiger partial charge on any atom is -0.329 e. The van der Waals surface area contributed by atoms with Crippen molar-refractivity contribution in [2.24, 2.45) is 5.92 Å². The second kappa shape index (κ2) is 6.90. The Labute approximate surface area is 129 Å². The van der Waals surface area contributed by atoms with Crippen LogP contribution in [0, 0.1) is 5.92 Å². The summed E-state index contributed by atoms with van der Waals surface area (Å²) in [6, 6.07) is -0.669. The highest BCUT2D eigenvalue weighted by Crippen LogP contribution is 2.29. The molecule has 2 aliphatic heterocycles. The molecule has 0 aromatic carbocycles. The first-order chi connectivity index (χ1) is 9.97. The van der Waals surface area contributed by atoms with E-state index in [-0.39, 0.29) is 29.8 Å². The second-order valence-corrected chi connectivity index (χ2v) is 8.06. The molecule has 120 valence electrons. The van der Waals surface area contributed by atoms with Crippen LogP contribution in [-0.2, 0) is 20.4 Å². The fraction of sp³-hybridized carbons (Fsp3) is 0.867. The van der Waals surface area contributed by atoms with Crippen molar-refractivity contribution in [1.29, 1.82) is 0 Å². The molecular formula is C15H26N2O3S. The Bertz CT molecular complexity index is 439. The van der Waals surface area contributed by atoms with E-state index in [9.17, 15) is 13.8 Å². The largest absolute Gasteiger partial charge is 0.329 e. The fourth-order valence-electron chi connectivity index (χ4n) is 3.32. The molecule has 0 aromatic heterocycles. The molecule has 0 N–H and O–H groups in total. The Hall–Kier alpha value is -0.910. The zero-order valence-electron chi connectivity index (χ0n) is 13.2. The van der Waals surface area contributed by atoms with Crippen LogP contribution in [0.15, 0.2) is 0 Å². The topological polar surface area (TPSA) is 57.7 Å². The molecule has 2 saturated heterocycles. The van der Waals surface area contributed by atoms with Gasteiger partial charge in [-0.3, -0.25) is 13.8 Å². The molecule has 0 radical (unpaired) electrons. The van der Waals surface area contributed by atoms with E-state index in [1.165, 1.54) is 0 Å². The van der Waals surface area contributed by atoms with Crippen molar-refractivity contribution in [2.75, 3.05) is 24.6 Å². The summed E-state index contributed by atoms with van der Waals surface area (Å²) >= 11 is 0. The third kappa shape index (κ3) is 3.30. The first-order valence-electron chi connectivity index (χ1n) is 7.93. The van der Waals surface area contributed by atoms with Crippen molar-refractivity contribution in [3.05, 3.63) is 0 Å². The van der Waals surface area contributed by atoms with Gasteiger partial charge in [0.05, 0.1) is 0 Å². The predicted molar refractivity (Wildman–Crippen MR) is 83.2 cm³/mol. The van der Waals surface area contributed by atoms with E-state index in [1.807, 2.05) is 20.8 Å². The number of nitrogens with zero attached hydrogens (tertiary/aromatic N) is 2. The lowest BCUT2D eigenvalue weighted by Crippen LogP contribution is -2.67. The average molecular weight is 314 g/mol. The summed E-state index contributed by atoms with van der Waals surface area (Å²) in [7, 11) is -0.912. The number of rotatable bonds is 5. The lowest BCUT2D eigenvalue weighted by atomic mass is 9.91. The number of carbonyl (C=O) groups is 2. The Balaban J connectivity index is 2.20. The molecule has 21 heavy (non-hydrogen) atoms. The molecule has 2 amide bonds. The molecule has 0 bridgehead atoms. The lowest BCUT2D eigenvalue weighted by molar-refractivity contribution is -0.165. The summed E-state index contributed by atoms with van der Waals surface area (Å²) in [6.45, 7) is 6.96. The number of carbonyl (C=O) groups excluding carboxylic acids is 2. The van der Waals surface area contributed by atoms with Crippen molar-refractivity contribution in [2.45, 2.75) is 52.1 Å². The van der Waals surface area contributed by atoms with E-state index in [2.05, 4.69) is 0 Å². The maximum atomic E-state index is 12.8. The molecule has 0 saturated carbocycles. The average Bonchev–Trinajstić information content (AvgIpc) is 2.48. The molecule has 2 aliphatic rings. The number of piperidine rings is 1. The lowest BCUT2D eigenvalue weighted by Gasteiger charge is -2.48. The summed E-state index contributed by atoms with van der Waals surface area (Å²) in [4.78, 5) is 29.0. The summed E-state index contributed by atoms with van der Waals surface area (Å²) in [5.74, 6) is 1.28. The van der Waals surface area contributed by atoms with Crippen LogP contribution in [0.5, 0.6) is 0 Å². The second-order valence-electron chi connectivity index (χ2n) is 6.20. The van der Waals surface area contributed by atoms with E-state index in [4.69, 9.17) is 0 Å². The van der Waals surface area contributed by atoms with Crippen molar-refractivity contribution >= 4 is 22.6 Å². The Morgan fingerprint density at radius 2 is 1.95 bits per heavy atom. The summed E-state index contributed by atoms with van der Waals surface area (Å²) in [5, 5.41) is 0. The molecule has 2 heterocycles. The van der Waals surface area contributed by atoms with Crippen LogP contribution in [0.25, 0.3) is 0 Å². The number of hydrogen-bond acceptors (Lipinski definition) is 3. The van der Waals surface area contributed by atoms with Crippen molar-refractivity contribution in [3.63, 3.8) is 0 Å². The predicted octanol–water partition coefficient (Wildman–Crippen LogP) is 1.00. The fourth-order valence-corrected chi connectivity index (χ4v) is 4.01. The Kier molecular flexibility index (Phi) is 5.41. The van der Waals surface area contributed by atoms with Gasteiger partial charge in [-0.05, 0) is 25.2 Å². The van der Waals surface area contributed by atoms with Crippen LogP contribution >= 0.6 is 0 Å². The minimum absolute atomic E-state index is 0.0566. The van der Waals surface area contributed by atoms with Gasteiger partial charge in [-0.25, -0.2) is 0 Å². The quantitative estimate of drug-likeness (QED) is 0.761. The van der Waals surface area contributed by atoms with Gasteiger partial charge in [-0.2, -0.15) is 0 Å². The van der Waals surface area contributed by atoms with E-state index in [0.717, 1.165) is 19.3 Å². The van der Waals surface area contributed by atoms with Crippen LogP contribution in [-0.4, -0.2) is 62.5 Å². The van der Waals surface area contributed by atoms with E-state index >= 15 is 0 Å². The number of amides is 2. The Morgan fingerprint density at radius 1 is 1.24 bits per heavy atom. The van der Waals surface area contributed by atoms with Gasteiger partial charge in [0.15, 0.2) is 0 Å². The third-order valence-corrected chi connectivity index (χ3v) is 5.74. The molecule has 2 rings (SSSR count). The van der Waals surface area contributed by atoms with Crippen LogP contribution in [0.4, 0.5) is 0 Å². The van der Waals surface area contributed by atoms with Crippen LogP contribution < -0.4 is 0 Å². The number of fused-ring (bicyclic) bond motifs is 1.